The van der Waals surface area contributed by atoms with Gasteiger partial charge in [0.1, 0.15) is 5.75 Å². The van der Waals surface area contributed by atoms with E-state index in [9.17, 15) is 9.59 Å². The third-order valence-corrected chi connectivity index (χ3v) is 6.12. The number of nitrogens with zero attached hydrogens (tertiary/aromatic N) is 5. The highest BCUT2D eigenvalue weighted by molar-refractivity contribution is 6.30. The number of amides is 2. The number of nitriles is 1. The molecule has 0 saturated carbocycles. The van der Waals surface area contributed by atoms with Gasteiger partial charge in [-0.3, -0.25) is 9.63 Å². The largest absolute Gasteiger partial charge is 1.00 e. The lowest BCUT2D eigenvalue weighted by atomic mass is 10.2. The number of pyridine rings is 1. The summed E-state index contributed by atoms with van der Waals surface area (Å²) in [5.74, 6) is 0.868. The number of aliphatic imine (C=N–C) groups is 1. The topological polar surface area (TPSA) is 160 Å². The van der Waals surface area contributed by atoms with Gasteiger partial charge in [0.05, 0.1) is 24.3 Å². The van der Waals surface area contributed by atoms with Crippen molar-refractivity contribution in [1.29, 1.82) is 5.26 Å². The molecule has 0 aliphatic rings. The molecule has 2 rings (SSSR count). The van der Waals surface area contributed by atoms with E-state index in [0.717, 1.165) is 37.1 Å². The van der Waals surface area contributed by atoms with Crippen LogP contribution in [0.1, 0.15) is 65.5 Å². The van der Waals surface area contributed by atoms with E-state index >= 15 is 0 Å². The number of anilines is 1. The quantitative estimate of drug-likeness (QED) is 0.0362. The maximum Gasteiger partial charge on any atom is 0.409 e. The lowest BCUT2D eigenvalue weighted by Crippen LogP contribution is -3.00. The molecule has 1 aromatic heterocycles. The number of halogens is 2. The Morgan fingerprint density at radius 1 is 1.07 bits per heavy atom. The predicted octanol–water partition coefficient (Wildman–Crippen LogP) is 1.44. The van der Waals surface area contributed by atoms with Crippen molar-refractivity contribution in [3.05, 3.63) is 53.8 Å². The molecule has 1 unspecified atom stereocenters. The monoisotopic (exact) mass is 729 g/mol. The first-order valence-electron chi connectivity index (χ1n) is 13.8. The highest BCUT2D eigenvalue weighted by Gasteiger charge is 2.24. The Bertz CT molecular complexity index is 1190. The lowest BCUT2D eigenvalue weighted by Gasteiger charge is -2.26. The van der Waals surface area contributed by atoms with Crippen LogP contribution in [0.4, 0.5) is 10.5 Å². The molecular weight excluding hydrogens is 689 g/mol. The van der Waals surface area contributed by atoms with Gasteiger partial charge >= 0.3 is 12.3 Å². The van der Waals surface area contributed by atoms with Crippen LogP contribution in [-0.4, -0.2) is 48.8 Å². The number of carbonyl (C=O) groups excluding carboxylic acids is 2. The number of aromatic nitrogens is 1. The van der Waals surface area contributed by atoms with Crippen molar-refractivity contribution in [2.45, 2.75) is 71.1 Å². The third-order valence-electron chi connectivity index (χ3n) is 5.87. The molecule has 1 aromatic carbocycles. The van der Waals surface area contributed by atoms with E-state index in [1.807, 2.05) is 32.9 Å². The minimum absolute atomic E-state index is 0. The number of carbonyl (C=O) groups is 2. The van der Waals surface area contributed by atoms with Crippen molar-refractivity contribution < 1.29 is 52.4 Å². The normalized spacial score (nSPS) is 11.9. The number of nitrogens with two attached hydrogens (primary N) is 2. The summed E-state index contributed by atoms with van der Waals surface area (Å²) in [5.41, 5.74) is 11.6. The number of ether oxygens (including phenoxy) is 2. The molecule has 2 amide bonds. The number of hydroxylamine groups is 2. The zero-order valence-corrected chi connectivity index (χ0v) is 27.7. The molecule has 2 aromatic rings. The highest BCUT2D eigenvalue weighted by atomic mass is 127. The Morgan fingerprint density at radius 2 is 1.72 bits per heavy atom. The zero-order chi connectivity index (χ0) is 31.0. The molecule has 1 heterocycles. The molecule has 0 fully saturated rings. The van der Waals surface area contributed by atoms with Gasteiger partial charge in [-0.05, 0) is 64.3 Å². The van der Waals surface area contributed by atoms with Crippen molar-refractivity contribution >= 4 is 35.8 Å². The maximum absolute atomic E-state index is 11.6. The van der Waals surface area contributed by atoms with Gasteiger partial charge in [-0.1, -0.05) is 24.4 Å². The molecule has 0 spiro atoms. The Balaban J connectivity index is 0.00000924. The van der Waals surface area contributed by atoms with Gasteiger partial charge in [-0.25, -0.2) is 9.86 Å². The first-order chi connectivity index (χ1) is 20.0. The van der Waals surface area contributed by atoms with Crippen LogP contribution >= 0.6 is 11.6 Å². The number of hydrogen-bond acceptors (Lipinski definition) is 7. The van der Waals surface area contributed by atoms with Crippen molar-refractivity contribution in [3.8, 4) is 11.9 Å². The molecule has 236 valence electrons. The van der Waals surface area contributed by atoms with E-state index in [1.165, 1.54) is 5.06 Å². The van der Waals surface area contributed by atoms with Gasteiger partial charge in [0.15, 0.2) is 12.4 Å². The summed E-state index contributed by atoms with van der Waals surface area (Å²) in [5, 5.41) is 10.9. The van der Waals surface area contributed by atoms with Gasteiger partial charge in [-0.2, -0.15) is 9.83 Å². The minimum Gasteiger partial charge on any atom is -1.00 e. The Kier molecular flexibility index (Phi) is 17.3. The van der Waals surface area contributed by atoms with Gasteiger partial charge in [-0.15, -0.1) is 4.99 Å². The number of rotatable bonds is 17. The fourth-order valence-electron chi connectivity index (χ4n) is 4.03. The molecule has 4 N–H and O–H groups in total. The van der Waals surface area contributed by atoms with Gasteiger partial charge in [0.2, 0.25) is 18.6 Å². The van der Waals surface area contributed by atoms with E-state index in [2.05, 4.69) is 4.99 Å². The summed E-state index contributed by atoms with van der Waals surface area (Å²) >= 11 is 5.90. The standard InChI is InChI=1S/C29H40ClN7O5.HI/c1-29(2,3)42-36(22-38)16-8-9-26(41-28(33)39)35-18-14-24(15-19-35)37(27(32)34-21-31)17-6-4-5-7-20-40-25-12-10-23(30)11-13-25;/h10-15,18-19,22,26H,4-9,16-17,20H2,1-3H3,(H3-,32,33,34,39);1H. The second-order valence-electron chi connectivity index (χ2n) is 10.4. The second-order valence-corrected chi connectivity index (χ2v) is 10.9. The number of hydrogen-bond donors (Lipinski definition) is 2. The van der Waals surface area contributed by atoms with Crippen LogP contribution in [0.5, 0.6) is 5.75 Å². The molecule has 14 heteroatoms. The smallest absolute Gasteiger partial charge is 0.409 e. The van der Waals surface area contributed by atoms with Crippen LogP contribution in [0.3, 0.4) is 0 Å². The summed E-state index contributed by atoms with van der Waals surface area (Å²) in [7, 11) is 0. The van der Waals surface area contributed by atoms with Crippen LogP contribution in [0, 0.1) is 11.5 Å². The highest BCUT2D eigenvalue weighted by Crippen LogP contribution is 2.18. The van der Waals surface area contributed by atoms with Crippen molar-refractivity contribution in [2.75, 3.05) is 24.6 Å². The van der Waals surface area contributed by atoms with Crippen LogP contribution in [0.25, 0.3) is 0 Å². The first kappa shape index (κ1) is 37.7. The first-order valence-corrected chi connectivity index (χ1v) is 14.2. The molecule has 0 aliphatic carbocycles. The SMILES string of the molecule is CC(C)(C)ON(C=O)CCCC(OC(N)=O)[n+]1ccc(N(CCCCCCOc2ccc(Cl)cc2)C(N)=NC#N)cc1.[I-]. The van der Waals surface area contributed by atoms with Crippen molar-refractivity contribution in [3.63, 3.8) is 0 Å². The molecule has 0 radical (unpaired) electrons. The molecule has 12 nitrogen and oxygen atoms in total. The number of unbranched alkanes of at least 4 members (excludes halogenated alkanes) is 3. The molecule has 1 atom stereocenters. The predicted molar refractivity (Wildman–Crippen MR) is 159 cm³/mol. The summed E-state index contributed by atoms with van der Waals surface area (Å²) < 4.78 is 12.7. The third kappa shape index (κ3) is 15.1. The lowest BCUT2D eigenvalue weighted by molar-refractivity contribution is -0.757. The van der Waals surface area contributed by atoms with Crippen molar-refractivity contribution in [2.24, 2.45) is 16.5 Å². The average molecular weight is 730 g/mol. The molecular formula is C29H41ClIN7O5. The Labute approximate surface area is 275 Å². The fraction of sp³-hybridized carbons (Fsp3) is 0.483. The van der Waals surface area contributed by atoms with E-state index in [1.54, 1.807) is 52.3 Å². The molecule has 0 bridgehead atoms. The molecule has 43 heavy (non-hydrogen) atoms. The van der Waals surface area contributed by atoms with E-state index in [0.29, 0.717) is 44.0 Å². The summed E-state index contributed by atoms with van der Waals surface area (Å²) in [4.78, 5) is 34.0. The Hall–Kier alpha value is -3.35. The zero-order valence-electron chi connectivity index (χ0n) is 24.8. The minimum atomic E-state index is -0.916. The average Bonchev–Trinajstić information content (AvgIpc) is 2.94. The number of guanidine groups is 1. The van der Waals surface area contributed by atoms with Crippen LogP contribution in [0.15, 0.2) is 53.8 Å². The summed E-state index contributed by atoms with van der Waals surface area (Å²) in [6, 6.07) is 10.8. The second kappa shape index (κ2) is 19.8. The van der Waals surface area contributed by atoms with Gasteiger partial charge < -0.3 is 49.8 Å². The number of primary amides is 1. The van der Waals surface area contributed by atoms with Crippen LogP contribution in [0.2, 0.25) is 5.02 Å². The van der Waals surface area contributed by atoms with Crippen molar-refractivity contribution in [1.82, 2.24) is 5.06 Å². The maximum atomic E-state index is 11.6. The van der Waals surface area contributed by atoms with Gasteiger partial charge in [0.25, 0.3) is 0 Å². The summed E-state index contributed by atoms with van der Waals surface area (Å²) in [6.07, 6.45) is 8.66. The van der Waals surface area contributed by atoms with Crippen LogP contribution in [-0.2, 0) is 14.4 Å². The molecule has 0 aliphatic heterocycles. The van der Waals surface area contributed by atoms with E-state index < -0.39 is 17.9 Å². The Morgan fingerprint density at radius 3 is 2.30 bits per heavy atom. The fourth-order valence-corrected chi connectivity index (χ4v) is 4.16. The van der Waals surface area contributed by atoms with Gasteiger partial charge in [0, 0.05) is 30.2 Å². The molecule has 0 saturated heterocycles. The number of benzene rings is 1. The van der Waals surface area contributed by atoms with Crippen LogP contribution < -0.4 is 49.6 Å². The summed E-state index contributed by atoms with van der Waals surface area (Å²) in [6.45, 7) is 6.99. The van der Waals surface area contributed by atoms with E-state index in [4.69, 9.17) is 42.6 Å². The van der Waals surface area contributed by atoms with E-state index in [-0.39, 0.29) is 29.9 Å².